The maximum absolute atomic E-state index is 13.4. The van der Waals surface area contributed by atoms with Gasteiger partial charge in [0.15, 0.2) is 0 Å². The Morgan fingerprint density at radius 2 is 1.76 bits per heavy atom. The molecule has 2 aliphatic heterocycles. The lowest BCUT2D eigenvalue weighted by Gasteiger charge is -2.19. The van der Waals surface area contributed by atoms with Gasteiger partial charge < -0.3 is 29.2 Å². The highest BCUT2D eigenvalue weighted by atomic mass is 16.5. The molecule has 2 aromatic carbocycles. The molecule has 0 atom stereocenters. The normalized spacial score (nSPS) is 15.1. The number of phenols is 2. The van der Waals surface area contributed by atoms with E-state index in [0.29, 0.717) is 25.5 Å². The summed E-state index contributed by atoms with van der Waals surface area (Å²) >= 11 is 0. The highest BCUT2D eigenvalue weighted by Gasteiger charge is 2.29. The van der Waals surface area contributed by atoms with Gasteiger partial charge in [-0.2, -0.15) is 0 Å². The summed E-state index contributed by atoms with van der Waals surface area (Å²) in [4.78, 5) is 31.7. The number of likely N-dealkylation sites (tertiary alicyclic amines) is 1. The van der Waals surface area contributed by atoms with Crippen molar-refractivity contribution in [1.29, 1.82) is 0 Å². The summed E-state index contributed by atoms with van der Waals surface area (Å²) in [6.07, 6.45) is 4.01. The molecule has 0 aliphatic carbocycles. The predicted molar refractivity (Wildman–Crippen MR) is 135 cm³/mol. The van der Waals surface area contributed by atoms with Crippen molar-refractivity contribution < 1.29 is 29.0 Å². The van der Waals surface area contributed by atoms with Gasteiger partial charge in [-0.1, -0.05) is 6.07 Å². The van der Waals surface area contributed by atoms with Crippen LogP contribution in [0.1, 0.15) is 50.4 Å². The molecule has 5 rings (SSSR count). The number of ether oxygens (including phenoxy) is 1. The fraction of sp³-hybridized carbons (Fsp3) is 0.357. The minimum Gasteiger partial charge on any atom is -0.507 e. The third-order valence-corrected chi connectivity index (χ3v) is 6.96. The van der Waals surface area contributed by atoms with Crippen LogP contribution >= 0.6 is 0 Å². The second-order valence-corrected chi connectivity index (χ2v) is 9.62. The molecule has 0 unspecified atom stereocenters. The second kappa shape index (κ2) is 10.6. The lowest BCUT2D eigenvalue weighted by molar-refractivity contribution is 0.0748. The van der Waals surface area contributed by atoms with Crippen LogP contribution in [0.4, 0.5) is 0 Å². The van der Waals surface area contributed by atoms with Crippen molar-refractivity contribution in [3.05, 3.63) is 76.7 Å². The number of hydrogen-bond donors (Lipinski definition) is 2. The number of carbonyl (C=O) groups is 2. The standard InChI is InChI=1S/C28H31N3O6/c1-29(18-22-5-4-11-36-22)27(34)23-14-24(26(33)15-25(23)32)28(35)31-16-19-6-7-21(13-20(19)17-31)37-12-10-30-8-2-3-9-30/h4-7,11,13-15,32-33H,2-3,8-10,12,16-18H2,1H3. The second-order valence-electron chi connectivity index (χ2n) is 9.62. The first-order valence-corrected chi connectivity index (χ1v) is 12.5. The average molecular weight is 506 g/mol. The van der Waals surface area contributed by atoms with E-state index < -0.39 is 17.6 Å². The molecule has 0 saturated carbocycles. The number of rotatable bonds is 8. The fourth-order valence-corrected chi connectivity index (χ4v) is 4.91. The van der Waals surface area contributed by atoms with Crippen LogP contribution in [0, 0.1) is 0 Å². The van der Waals surface area contributed by atoms with Crippen LogP contribution in [-0.4, -0.2) is 70.0 Å². The van der Waals surface area contributed by atoms with Gasteiger partial charge in [0.05, 0.1) is 23.9 Å². The zero-order valence-electron chi connectivity index (χ0n) is 20.9. The zero-order chi connectivity index (χ0) is 25.9. The van der Waals surface area contributed by atoms with E-state index in [-0.39, 0.29) is 23.4 Å². The van der Waals surface area contributed by atoms with Gasteiger partial charge in [-0.3, -0.25) is 14.5 Å². The van der Waals surface area contributed by atoms with Crippen LogP contribution < -0.4 is 4.74 Å². The van der Waals surface area contributed by atoms with E-state index in [2.05, 4.69) is 4.90 Å². The summed E-state index contributed by atoms with van der Waals surface area (Å²) in [6.45, 7) is 4.71. The lowest BCUT2D eigenvalue weighted by atomic mass is 10.1. The molecule has 9 heteroatoms. The molecule has 2 amide bonds. The number of carbonyl (C=O) groups excluding carboxylic acids is 2. The molecule has 3 aromatic rings. The van der Waals surface area contributed by atoms with Crippen LogP contribution in [0.3, 0.4) is 0 Å². The summed E-state index contributed by atoms with van der Waals surface area (Å²) in [5, 5.41) is 20.8. The molecule has 194 valence electrons. The quantitative estimate of drug-likeness (QED) is 0.482. The van der Waals surface area contributed by atoms with Gasteiger partial charge in [0, 0.05) is 32.7 Å². The van der Waals surface area contributed by atoms with E-state index in [1.165, 1.54) is 30.1 Å². The van der Waals surface area contributed by atoms with Crippen molar-refractivity contribution in [3.63, 3.8) is 0 Å². The number of aromatic hydroxyl groups is 2. The minimum atomic E-state index is -0.497. The number of nitrogens with zero attached hydrogens (tertiary/aromatic N) is 3. The van der Waals surface area contributed by atoms with Crippen molar-refractivity contribution in [2.45, 2.75) is 32.5 Å². The monoisotopic (exact) mass is 505 g/mol. The van der Waals surface area contributed by atoms with Crippen LogP contribution in [0.2, 0.25) is 0 Å². The largest absolute Gasteiger partial charge is 0.507 e. The van der Waals surface area contributed by atoms with E-state index in [0.717, 1.165) is 42.6 Å². The third kappa shape index (κ3) is 5.41. The minimum absolute atomic E-state index is 0.0394. The first-order chi connectivity index (χ1) is 17.9. The van der Waals surface area contributed by atoms with Crippen molar-refractivity contribution in [3.8, 4) is 17.2 Å². The molecular weight excluding hydrogens is 474 g/mol. The summed E-state index contributed by atoms with van der Waals surface area (Å²) < 4.78 is 11.2. The summed E-state index contributed by atoms with van der Waals surface area (Å²) in [6, 6.07) is 11.6. The van der Waals surface area contributed by atoms with E-state index in [1.807, 2.05) is 18.2 Å². The molecule has 1 fully saturated rings. The molecule has 0 radical (unpaired) electrons. The first-order valence-electron chi connectivity index (χ1n) is 12.5. The van der Waals surface area contributed by atoms with Gasteiger partial charge in [0.1, 0.15) is 29.6 Å². The first kappa shape index (κ1) is 24.7. The lowest BCUT2D eigenvalue weighted by Crippen LogP contribution is -2.28. The van der Waals surface area contributed by atoms with Crippen LogP contribution in [0.25, 0.3) is 0 Å². The van der Waals surface area contributed by atoms with Gasteiger partial charge >= 0.3 is 0 Å². The molecule has 2 aliphatic rings. The van der Waals surface area contributed by atoms with Gasteiger partial charge in [-0.25, -0.2) is 0 Å². The Labute approximate surface area is 215 Å². The van der Waals surface area contributed by atoms with Crippen molar-refractivity contribution >= 4 is 11.8 Å². The number of furan rings is 1. The highest BCUT2D eigenvalue weighted by Crippen LogP contribution is 2.33. The van der Waals surface area contributed by atoms with E-state index in [1.54, 1.807) is 24.1 Å². The van der Waals surface area contributed by atoms with Gasteiger partial charge in [0.25, 0.3) is 11.8 Å². The Morgan fingerprint density at radius 1 is 1.00 bits per heavy atom. The highest BCUT2D eigenvalue weighted by molar-refractivity contribution is 6.03. The van der Waals surface area contributed by atoms with Crippen LogP contribution in [-0.2, 0) is 19.6 Å². The SMILES string of the molecule is CN(Cc1ccco1)C(=O)c1cc(C(=O)N2Cc3ccc(OCCN4CCCC4)cc3C2)c(O)cc1O. The number of benzene rings is 2. The van der Waals surface area contributed by atoms with Gasteiger partial charge in [-0.15, -0.1) is 0 Å². The molecule has 1 aromatic heterocycles. The van der Waals surface area contributed by atoms with Gasteiger partial charge in [0.2, 0.25) is 0 Å². The van der Waals surface area contributed by atoms with Crippen molar-refractivity contribution in [1.82, 2.24) is 14.7 Å². The third-order valence-electron chi connectivity index (χ3n) is 6.96. The van der Waals surface area contributed by atoms with E-state index in [9.17, 15) is 19.8 Å². The van der Waals surface area contributed by atoms with Crippen LogP contribution in [0.5, 0.6) is 17.2 Å². The topological polar surface area (TPSA) is 107 Å². The summed E-state index contributed by atoms with van der Waals surface area (Å²) in [5.74, 6) is -0.344. The zero-order valence-corrected chi connectivity index (χ0v) is 20.9. The Balaban J connectivity index is 1.26. The molecule has 9 nitrogen and oxygen atoms in total. The molecular formula is C28H31N3O6. The smallest absolute Gasteiger partial charge is 0.258 e. The molecule has 3 heterocycles. The molecule has 1 saturated heterocycles. The number of fused-ring (bicyclic) bond motifs is 1. The number of hydrogen-bond acceptors (Lipinski definition) is 7. The molecule has 0 bridgehead atoms. The molecule has 0 spiro atoms. The Kier molecular flexibility index (Phi) is 7.05. The maximum atomic E-state index is 13.4. The predicted octanol–water partition coefficient (Wildman–Crippen LogP) is 3.59. The summed E-state index contributed by atoms with van der Waals surface area (Å²) in [5.41, 5.74) is 1.89. The number of amides is 2. The fourth-order valence-electron chi connectivity index (χ4n) is 4.91. The Bertz CT molecular complexity index is 1280. The summed E-state index contributed by atoms with van der Waals surface area (Å²) in [7, 11) is 1.57. The van der Waals surface area contributed by atoms with Gasteiger partial charge in [-0.05, 0) is 67.4 Å². The van der Waals surface area contributed by atoms with Crippen molar-refractivity contribution in [2.24, 2.45) is 0 Å². The van der Waals surface area contributed by atoms with E-state index >= 15 is 0 Å². The molecule has 37 heavy (non-hydrogen) atoms. The van der Waals surface area contributed by atoms with E-state index in [4.69, 9.17) is 9.15 Å². The van der Waals surface area contributed by atoms with Crippen molar-refractivity contribution in [2.75, 3.05) is 33.3 Å². The average Bonchev–Trinajstić information content (AvgIpc) is 3.65. The molecule has 2 N–H and O–H groups in total. The van der Waals surface area contributed by atoms with Crippen LogP contribution in [0.15, 0.2) is 53.1 Å². The maximum Gasteiger partial charge on any atom is 0.258 e. The Hall–Kier alpha value is -3.98. The number of phenolic OH excluding ortho intramolecular Hbond substituents is 2. The Morgan fingerprint density at radius 3 is 2.51 bits per heavy atom.